The third-order valence-corrected chi connectivity index (χ3v) is 3.68. The molecule has 0 atom stereocenters. The number of aromatic nitrogens is 1. The van der Waals surface area contributed by atoms with Gasteiger partial charge in [-0.25, -0.2) is 13.8 Å². The van der Waals surface area contributed by atoms with E-state index in [0.717, 1.165) is 0 Å². The summed E-state index contributed by atoms with van der Waals surface area (Å²) in [5, 5.41) is 0.436. The van der Waals surface area contributed by atoms with Crippen molar-refractivity contribution in [3.05, 3.63) is 28.0 Å². The van der Waals surface area contributed by atoms with Gasteiger partial charge in [0.25, 0.3) is 0 Å². The molecule has 1 aliphatic rings. The summed E-state index contributed by atoms with van der Waals surface area (Å²) < 4.78 is 25.9. The van der Waals surface area contributed by atoms with Gasteiger partial charge < -0.3 is 5.73 Å². The second kappa shape index (κ2) is 3.79. The van der Waals surface area contributed by atoms with Crippen LogP contribution in [0, 0.1) is 0 Å². The molecule has 0 bridgehead atoms. The Bertz CT molecular complexity index is 415. The Kier molecular flexibility index (Phi) is 2.85. The van der Waals surface area contributed by atoms with E-state index in [1.165, 1.54) is 6.20 Å². The molecule has 0 unspecified atom stereocenters. The maximum absolute atomic E-state index is 13.0. The van der Waals surface area contributed by atoms with Crippen molar-refractivity contribution in [1.29, 1.82) is 0 Å². The van der Waals surface area contributed by atoms with Crippen LogP contribution in [-0.2, 0) is 5.41 Å². The third-order valence-electron chi connectivity index (χ3n) is 2.99. The number of nitrogens with zero attached hydrogens (tertiary/aromatic N) is 1. The molecule has 0 saturated heterocycles. The zero-order valence-corrected chi connectivity index (χ0v) is 9.82. The predicted molar refractivity (Wildman–Crippen MR) is 59.2 cm³/mol. The number of alkyl halides is 2. The first kappa shape index (κ1) is 12.0. The van der Waals surface area contributed by atoms with Crippen molar-refractivity contribution < 1.29 is 8.78 Å². The summed E-state index contributed by atoms with van der Waals surface area (Å²) in [6.07, 6.45) is 0.961. The smallest absolute Gasteiger partial charge is 0.250 e. The molecular formula is C10H10Cl2F2N2. The van der Waals surface area contributed by atoms with E-state index in [9.17, 15) is 8.78 Å². The lowest BCUT2D eigenvalue weighted by molar-refractivity contribution is -0.123. The molecule has 2 N–H and O–H groups in total. The normalized spacial score (nSPS) is 21.6. The molecule has 0 radical (unpaired) electrons. The Morgan fingerprint density at radius 1 is 1.38 bits per heavy atom. The Labute approximate surface area is 102 Å². The first-order valence-corrected chi connectivity index (χ1v) is 5.54. The highest BCUT2D eigenvalue weighted by atomic mass is 35.5. The molecular weight excluding hydrogens is 257 g/mol. The van der Waals surface area contributed by atoms with Crippen LogP contribution in [0.2, 0.25) is 10.2 Å². The second-order valence-electron chi connectivity index (χ2n) is 4.19. The summed E-state index contributed by atoms with van der Waals surface area (Å²) >= 11 is 11.5. The lowest BCUT2D eigenvalue weighted by Gasteiger charge is -2.47. The van der Waals surface area contributed by atoms with Gasteiger partial charge in [0, 0.05) is 31.0 Å². The van der Waals surface area contributed by atoms with Gasteiger partial charge in [0.05, 0.1) is 5.02 Å². The molecule has 0 aliphatic heterocycles. The summed E-state index contributed by atoms with van der Waals surface area (Å²) in [7, 11) is 0. The molecule has 1 aromatic heterocycles. The molecule has 0 aromatic carbocycles. The van der Waals surface area contributed by atoms with E-state index in [4.69, 9.17) is 28.9 Å². The van der Waals surface area contributed by atoms with Gasteiger partial charge in [-0.3, -0.25) is 0 Å². The summed E-state index contributed by atoms with van der Waals surface area (Å²) in [6, 6.07) is 1.57. The van der Waals surface area contributed by atoms with E-state index in [-0.39, 0.29) is 29.6 Å². The van der Waals surface area contributed by atoms with Gasteiger partial charge in [0.1, 0.15) is 5.15 Å². The molecule has 16 heavy (non-hydrogen) atoms. The van der Waals surface area contributed by atoms with Crippen LogP contribution in [0.3, 0.4) is 0 Å². The summed E-state index contributed by atoms with van der Waals surface area (Å²) in [4.78, 5) is 3.86. The van der Waals surface area contributed by atoms with Gasteiger partial charge in [-0.15, -0.1) is 0 Å². The fourth-order valence-electron chi connectivity index (χ4n) is 2.12. The summed E-state index contributed by atoms with van der Waals surface area (Å²) in [5.41, 5.74) is 5.50. The Morgan fingerprint density at radius 2 is 2.00 bits per heavy atom. The molecule has 2 nitrogen and oxygen atoms in total. The second-order valence-corrected chi connectivity index (χ2v) is 4.96. The van der Waals surface area contributed by atoms with Crippen LogP contribution in [0.5, 0.6) is 0 Å². The Balaban J connectivity index is 2.32. The fraction of sp³-hybridized carbons (Fsp3) is 0.500. The fourth-order valence-corrected chi connectivity index (χ4v) is 2.39. The van der Waals surface area contributed by atoms with Crippen LogP contribution >= 0.6 is 23.2 Å². The largest absolute Gasteiger partial charge is 0.330 e. The molecule has 1 fully saturated rings. The van der Waals surface area contributed by atoms with Gasteiger partial charge in [0.2, 0.25) is 5.92 Å². The van der Waals surface area contributed by atoms with Crippen LogP contribution in [0.25, 0.3) is 0 Å². The average Bonchev–Trinajstić information content (AvgIpc) is 2.18. The topological polar surface area (TPSA) is 38.9 Å². The van der Waals surface area contributed by atoms with Crippen LogP contribution in [0.15, 0.2) is 12.3 Å². The molecule has 1 saturated carbocycles. The number of hydrogen-bond donors (Lipinski definition) is 1. The van der Waals surface area contributed by atoms with Crippen molar-refractivity contribution in [2.75, 3.05) is 6.54 Å². The van der Waals surface area contributed by atoms with E-state index in [0.29, 0.717) is 5.56 Å². The third kappa shape index (κ3) is 1.90. The van der Waals surface area contributed by atoms with Gasteiger partial charge in [0.15, 0.2) is 0 Å². The highest BCUT2D eigenvalue weighted by Gasteiger charge is 2.56. The van der Waals surface area contributed by atoms with E-state index < -0.39 is 11.3 Å². The van der Waals surface area contributed by atoms with Gasteiger partial charge >= 0.3 is 0 Å². The van der Waals surface area contributed by atoms with Crippen LogP contribution in [-0.4, -0.2) is 17.5 Å². The van der Waals surface area contributed by atoms with Crippen molar-refractivity contribution >= 4 is 23.2 Å². The molecule has 0 amide bonds. The maximum atomic E-state index is 13.0. The minimum absolute atomic E-state index is 0.155. The van der Waals surface area contributed by atoms with Crippen molar-refractivity contribution in [2.45, 2.75) is 24.2 Å². The molecule has 1 aliphatic carbocycles. The molecule has 0 spiro atoms. The lowest BCUT2D eigenvalue weighted by Crippen LogP contribution is -2.53. The van der Waals surface area contributed by atoms with E-state index in [2.05, 4.69) is 4.98 Å². The first-order chi connectivity index (χ1) is 7.38. The molecule has 2 rings (SSSR count). The summed E-state index contributed by atoms with van der Waals surface area (Å²) in [5.74, 6) is -2.63. The number of halogens is 4. The zero-order chi connectivity index (χ0) is 12.0. The highest BCUT2D eigenvalue weighted by Crippen LogP contribution is 2.53. The predicted octanol–water partition coefficient (Wildman–Crippen LogP) is 3.01. The Morgan fingerprint density at radius 3 is 2.44 bits per heavy atom. The number of nitrogens with two attached hydrogens (primary N) is 1. The standard InChI is InChI=1S/C10H10Cl2F2N2/c11-7-1-6(2-16-8(7)12)9(5-15)3-10(13,14)4-9/h1-2H,3-5,15H2. The average molecular weight is 267 g/mol. The minimum atomic E-state index is -2.63. The van der Waals surface area contributed by atoms with Gasteiger partial charge in [-0.2, -0.15) is 0 Å². The molecule has 88 valence electrons. The SMILES string of the molecule is NCC1(c2cnc(Cl)c(Cl)c2)CC(F)(F)C1. The van der Waals surface area contributed by atoms with E-state index in [1.807, 2.05) is 0 Å². The summed E-state index contributed by atoms with van der Waals surface area (Å²) in [6.45, 7) is 0.155. The minimum Gasteiger partial charge on any atom is -0.330 e. The lowest BCUT2D eigenvalue weighted by atomic mass is 9.62. The quantitative estimate of drug-likeness (QED) is 0.836. The van der Waals surface area contributed by atoms with Crippen LogP contribution < -0.4 is 5.73 Å². The van der Waals surface area contributed by atoms with E-state index >= 15 is 0 Å². The van der Waals surface area contributed by atoms with Gasteiger partial charge in [-0.1, -0.05) is 23.2 Å². The van der Waals surface area contributed by atoms with Crippen LogP contribution in [0.1, 0.15) is 18.4 Å². The number of hydrogen-bond acceptors (Lipinski definition) is 2. The molecule has 1 heterocycles. The monoisotopic (exact) mass is 266 g/mol. The highest BCUT2D eigenvalue weighted by molar-refractivity contribution is 6.41. The van der Waals surface area contributed by atoms with E-state index in [1.54, 1.807) is 6.07 Å². The maximum Gasteiger partial charge on any atom is 0.250 e. The Hall–Kier alpha value is -0.450. The molecule has 6 heteroatoms. The van der Waals surface area contributed by atoms with Crippen molar-refractivity contribution in [2.24, 2.45) is 5.73 Å². The zero-order valence-electron chi connectivity index (χ0n) is 8.31. The number of pyridine rings is 1. The van der Waals surface area contributed by atoms with Crippen molar-refractivity contribution in [1.82, 2.24) is 4.98 Å². The first-order valence-electron chi connectivity index (χ1n) is 4.78. The van der Waals surface area contributed by atoms with Crippen LogP contribution in [0.4, 0.5) is 8.78 Å². The molecule has 1 aromatic rings. The number of rotatable bonds is 2. The van der Waals surface area contributed by atoms with Gasteiger partial charge in [-0.05, 0) is 11.6 Å². The van der Waals surface area contributed by atoms with Crippen molar-refractivity contribution in [3.8, 4) is 0 Å². The van der Waals surface area contributed by atoms with Crippen molar-refractivity contribution in [3.63, 3.8) is 0 Å².